The summed E-state index contributed by atoms with van der Waals surface area (Å²) in [4.78, 5) is 14.6. The van der Waals surface area contributed by atoms with Crippen molar-refractivity contribution in [1.29, 1.82) is 0 Å². The highest BCUT2D eigenvalue weighted by atomic mass is 16.6. The molecule has 1 aromatic heterocycles. The number of nitrogens with zero attached hydrogens (tertiary/aromatic N) is 2. The average Bonchev–Trinajstić information content (AvgIpc) is 2.47. The van der Waals surface area contributed by atoms with E-state index in [0.717, 1.165) is 5.56 Å². The monoisotopic (exact) mass is 273 g/mol. The Hall–Kier alpha value is -2.63. The molecule has 0 bridgehead atoms. The van der Waals surface area contributed by atoms with Gasteiger partial charge in [-0.2, -0.15) is 4.98 Å². The van der Waals surface area contributed by atoms with Crippen molar-refractivity contribution in [2.24, 2.45) is 0 Å². The molecule has 0 aliphatic carbocycles. The zero-order chi connectivity index (χ0) is 14.5. The molecule has 0 saturated carbocycles. The summed E-state index contributed by atoms with van der Waals surface area (Å²) in [5, 5.41) is 13.7. The van der Waals surface area contributed by atoms with Gasteiger partial charge in [0.2, 0.25) is 5.88 Å². The van der Waals surface area contributed by atoms with Crippen LogP contribution in [0.25, 0.3) is 0 Å². The second-order valence-corrected chi connectivity index (χ2v) is 4.23. The van der Waals surface area contributed by atoms with Crippen molar-refractivity contribution in [2.45, 2.75) is 13.0 Å². The lowest BCUT2D eigenvalue weighted by Gasteiger charge is -2.14. The summed E-state index contributed by atoms with van der Waals surface area (Å²) in [6.07, 6.45) is -0.240. The van der Waals surface area contributed by atoms with E-state index in [-0.39, 0.29) is 17.7 Å². The molecule has 1 aromatic carbocycles. The van der Waals surface area contributed by atoms with Crippen LogP contribution in [0.2, 0.25) is 0 Å². The van der Waals surface area contributed by atoms with Crippen LogP contribution in [0.1, 0.15) is 18.6 Å². The van der Waals surface area contributed by atoms with Gasteiger partial charge in [0, 0.05) is 7.05 Å². The predicted molar refractivity (Wildman–Crippen MR) is 75.9 cm³/mol. The summed E-state index contributed by atoms with van der Waals surface area (Å²) in [6.45, 7) is 1.87. The Morgan fingerprint density at radius 1 is 1.30 bits per heavy atom. The molecule has 0 radical (unpaired) electrons. The molecule has 6 heteroatoms. The van der Waals surface area contributed by atoms with Crippen LogP contribution < -0.4 is 10.1 Å². The third kappa shape index (κ3) is 3.23. The van der Waals surface area contributed by atoms with E-state index < -0.39 is 4.92 Å². The number of nitrogens with one attached hydrogen (secondary N) is 1. The molecule has 0 fully saturated rings. The van der Waals surface area contributed by atoms with E-state index in [1.165, 1.54) is 12.1 Å². The zero-order valence-electron chi connectivity index (χ0n) is 11.2. The minimum atomic E-state index is -0.470. The van der Waals surface area contributed by atoms with Crippen molar-refractivity contribution in [2.75, 3.05) is 12.4 Å². The Kier molecular flexibility index (Phi) is 4.14. The Morgan fingerprint density at radius 2 is 2.00 bits per heavy atom. The van der Waals surface area contributed by atoms with Crippen LogP contribution in [0.4, 0.5) is 11.5 Å². The second kappa shape index (κ2) is 6.01. The van der Waals surface area contributed by atoms with Crippen LogP contribution in [0, 0.1) is 10.1 Å². The van der Waals surface area contributed by atoms with E-state index in [0.29, 0.717) is 5.82 Å². The van der Waals surface area contributed by atoms with Crippen molar-refractivity contribution in [1.82, 2.24) is 4.98 Å². The van der Waals surface area contributed by atoms with Gasteiger partial charge in [0.05, 0.1) is 17.1 Å². The molecule has 2 aromatic rings. The average molecular weight is 273 g/mol. The first kappa shape index (κ1) is 13.8. The third-order valence-corrected chi connectivity index (χ3v) is 2.82. The number of pyridine rings is 1. The lowest BCUT2D eigenvalue weighted by atomic mass is 10.1. The van der Waals surface area contributed by atoms with Crippen LogP contribution in [0.15, 0.2) is 42.5 Å². The lowest BCUT2D eigenvalue weighted by molar-refractivity contribution is -0.384. The molecule has 0 saturated heterocycles. The molecular formula is C14H15N3O3. The van der Waals surface area contributed by atoms with E-state index in [1.807, 2.05) is 37.3 Å². The van der Waals surface area contributed by atoms with Crippen molar-refractivity contribution >= 4 is 11.5 Å². The van der Waals surface area contributed by atoms with E-state index in [9.17, 15) is 10.1 Å². The maximum atomic E-state index is 10.9. The van der Waals surface area contributed by atoms with E-state index in [4.69, 9.17) is 4.74 Å². The number of rotatable bonds is 5. The van der Waals surface area contributed by atoms with Crippen LogP contribution >= 0.6 is 0 Å². The molecule has 0 spiro atoms. The lowest BCUT2D eigenvalue weighted by Crippen LogP contribution is -2.06. The van der Waals surface area contributed by atoms with Crippen molar-refractivity contribution in [3.63, 3.8) is 0 Å². The first-order valence-electron chi connectivity index (χ1n) is 6.16. The first-order chi connectivity index (χ1) is 9.60. The molecule has 1 heterocycles. The Bertz CT molecular complexity index is 602. The number of anilines is 1. The maximum absolute atomic E-state index is 10.9. The summed E-state index contributed by atoms with van der Waals surface area (Å²) in [5.41, 5.74) is 0.923. The number of benzene rings is 1. The van der Waals surface area contributed by atoms with E-state index >= 15 is 0 Å². The standard InChI is InChI=1S/C14H15N3O3/c1-10(11-6-4-3-5-7-11)20-14-9-12(17(18)19)8-13(15-2)16-14/h3-10H,1-2H3,(H,15,16). The molecule has 0 amide bonds. The fourth-order valence-corrected chi connectivity index (χ4v) is 1.76. The van der Waals surface area contributed by atoms with Gasteiger partial charge in [-0.05, 0) is 12.5 Å². The predicted octanol–water partition coefficient (Wildman–Crippen LogP) is 3.17. The third-order valence-electron chi connectivity index (χ3n) is 2.82. The van der Waals surface area contributed by atoms with Gasteiger partial charge in [0.15, 0.2) is 0 Å². The number of hydrogen-bond donors (Lipinski definition) is 1. The van der Waals surface area contributed by atoms with Gasteiger partial charge in [-0.15, -0.1) is 0 Å². The summed E-state index contributed by atoms with van der Waals surface area (Å²) in [7, 11) is 1.65. The normalized spacial score (nSPS) is 11.7. The fourth-order valence-electron chi connectivity index (χ4n) is 1.76. The molecule has 0 aliphatic heterocycles. The van der Waals surface area contributed by atoms with Crippen LogP contribution in [-0.2, 0) is 0 Å². The molecular weight excluding hydrogens is 258 g/mol. The van der Waals surface area contributed by atoms with Crippen LogP contribution in [-0.4, -0.2) is 17.0 Å². The highest BCUT2D eigenvalue weighted by Crippen LogP contribution is 2.26. The van der Waals surface area contributed by atoms with Crippen LogP contribution in [0.5, 0.6) is 5.88 Å². The summed E-state index contributed by atoms with van der Waals surface area (Å²) < 4.78 is 5.68. The minimum Gasteiger partial charge on any atom is -0.470 e. The summed E-state index contributed by atoms with van der Waals surface area (Å²) >= 11 is 0. The number of nitro groups is 1. The molecule has 104 valence electrons. The SMILES string of the molecule is CNc1cc([N+](=O)[O-])cc(OC(C)c2ccccc2)n1. The van der Waals surface area contributed by atoms with Crippen molar-refractivity contribution in [3.05, 3.63) is 58.1 Å². The van der Waals surface area contributed by atoms with Gasteiger partial charge in [-0.25, -0.2) is 0 Å². The van der Waals surface area contributed by atoms with Gasteiger partial charge >= 0.3 is 0 Å². The molecule has 1 N–H and O–H groups in total. The summed E-state index contributed by atoms with van der Waals surface area (Å²) in [5.74, 6) is 0.620. The second-order valence-electron chi connectivity index (χ2n) is 4.23. The van der Waals surface area contributed by atoms with E-state index in [2.05, 4.69) is 10.3 Å². The van der Waals surface area contributed by atoms with Gasteiger partial charge in [-0.3, -0.25) is 10.1 Å². The minimum absolute atomic E-state index is 0.0559. The largest absolute Gasteiger partial charge is 0.470 e. The van der Waals surface area contributed by atoms with E-state index in [1.54, 1.807) is 7.05 Å². The highest BCUT2D eigenvalue weighted by molar-refractivity contribution is 5.48. The highest BCUT2D eigenvalue weighted by Gasteiger charge is 2.14. The number of ether oxygens (including phenoxy) is 1. The quantitative estimate of drug-likeness (QED) is 0.668. The molecule has 6 nitrogen and oxygen atoms in total. The molecule has 1 atom stereocenters. The number of hydrogen-bond acceptors (Lipinski definition) is 5. The number of aromatic nitrogens is 1. The van der Waals surface area contributed by atoms with Crippen LogP contribution in [0.3, 0.4) is 0 Å². The van der Waals surface area contributed by atoms with Crippen molar-refractivity contribution in [3.8, 4) is 5.88 Å². The van der Waals surface area contributed by atoms with Gasteiger partial charge in [0.25, 0.3) is 5.69 Å². The van der Waals surface area contributed by atoms with Crippen molar-refractivity contribution < 1.29 is 9.66 Å². The maximum Gasteiger partial charge on any atom is 0.278 e. The molecule has 20 heavy (non-hydrogen) atoms. The molecule has 0 aliphatic rings. The van der Waals surface area contributed by atoms with Gasteiger partial charge < -0.3 is 10.1 Å². The molecule has 2 rings (SSSR count). The molecule has 1 unspecified atom stereocenters. The smallest absolute Gasteiger partial charge is 0.278 e. The Morgan fingerprint density at radius 3 is 2.60 bits per heavy atom. The first-order valence-corrected chi connectivity index (χ1v) is 6.16. The van der Waals surface area contributed by atoms with Gasteiger partial charge in [-0.1, -0.05) is 30.3 Å². The van der Waals surface area contributed by atoms with Gasteiger partial charge in [0.1, 0.15) is 11.9 Å². The summed E-state index contributed by atoms with van der Waals surface area (Å²) in [6, 6.07) is 12.3. The Balaban J connectivity index is 2.24. The topological polar surface area (TPSA) is 77.3 Å². The Labute approximate surface area is 116 Å². The fraction of sp³-hybridized carbons (Fsp3) is 0.214. The zero-order valence-corrected chi connectivity index (χ0v) is 11.2.